The lowest BCUT2D eigenvalue weighted by molar-refractivity contribution is -0.144. The maximum Gasteiger partial charge on any atom is 0.335 e. The molecule has 2 heterocycles. The van der Waals surface area contributed by atoms with E-state index in [2.05, 4.69) is 0 Å². The summed E-state index contributed by atoms with van der Waals surface area (Å²) in [4.78, 5) is 41.2. The van der Waals surface area contributed by atoms with Crippen LogP contribution in [0.1, 0.15) is 12.0 Å². The van der Waals surface area contributed by atoms with Crippen molar-refractivity contribution in [3.05, 3.63) is 66.0 Å². The number of carbonyl (C=O) groups is 3. The van der Waals surface area contributed by atoms with E-state index in [0.717, 1.165) is 27.5 Å². The van der Waals surface area contributed by atoms with E-state index in [-0.39, 0.29) is 37.7 Å². The number of rotatable bonds is 6. The highest BCUT2D eigenvalue weighted by atomic mass is 32.2. The Morgan fingerprint density at radius 3 is 2.15 bits per heavy atom. The molecule has 2 aliphatic heterocycles. The van der Waals surface area contributed by atoms with Gasteiger partial charge in [0.2, 0.25) is 10.0 Å². The second-order valence-electron chi connectivity index (χ2n) is 7.86. The molecule has 4 rings (SSSR count). The van der Waals surface area contributed by atoms with Crippen LogP contribution in [0.5, 0.6) is 0 Å². The number of carbonyl (C=O) groups excluding carboxylic acids is 3. The summed E-state index contributed by atoms with van der Waals surface area (Å²) in [5.74, 6) is -2.29. The van der Waals surface area contributed by atoms with Crippen molar-refractivity contribution in [2.24, 2.45) is 0 Å². The molecule has 0 aliphatic carbocycles. The molecule has 0 radical (unpaired) electrons. The topological polar surface area (TPSA) is 98.3 Å². The lowest BCUT2D eigenvalue weighted by Crippen LogP contribution is -2.44. The van der Waals surface area contributed by atoms with E-state index in [9.17, 15) is 27.2 Å². The van der Waals surface area contributed by atoms with Crippen molar-refractivity contribution in [2.75, 3.05) is 32.8 Å². The van der Waals surface area contributed by atoms with Gasteiger partial charge in [0.05, 0.1) is 18.1 Å². The van der Waals surface area contributed by atoms with Crippen LogP contribution in [0.3, 0.4) is 0 Å². The molecular weight excluding hydrogens is 451 g/mol. The Bertz CT molecular complexity index is 1160. The number of sulfonamides is 1. The predicted octanol–water partition coefficient (Wildman–Crippen LogP) is 1.47. The molecule has 0 aromatic heterocycles. The van der Waals surface area contributed by atoms with Crippen LogP contribution in [0.2, 0.25) is 0 Å². The molecule has 2 aromatic carbocycles. The number of nitrogens with zero attached hydrogens (tertiary/aromatic N) is 4. The van der Waals surface area contributed by atoms with E-state index in [1.54, 1.807) is 29.2 Å². The zero-order valence-electron chi connectivity index (χ0n) is 17.8. The molecule has 11 heteroatoms. The average molecular weight is 475 g/mol. The summed E-state index contributed by atoms with van der Waals surface area (Å²) in [7, 11) is -3.80. The van der Waals surface area contributed by atoms with Gasteiger partial charge in [0, 0.05) is 26.2 Å². The molecule has 4 amide bonds. The molecule has 2 saturated heterocycles. The predicted molar refractivity (Wildman–Crippen MR) is 115 cm³/mol. The van der Waals surface area contributed by atoms with E-state index in [1.807, 2.05) is 6.07 Å². The SMILES string of the molecule is O=C1C(=O)N(CN2CCCN(S(=O)(=O)c3ccc(F)cc3)CC2)C(=O)N1Cc1ccccc1. The Kier molecular flexibility index (Phi) is 6.54. The summed E-state index contributed by atoms with van der Waals surface area (Å²) in [5.41, 5.74) is 0.727. The Morgan fingerprint density at radius 2 is 1.45 bits per heavy atom. The van der Waals surface area contributed by atoms with Gasteiger partial charge < -0.3 is 0 Å². The molecule has 0 saturated carbocycles. The number of imide groups is 2. The summed E-state index contributed by atoms with van der Waals surface area (Å²) in [6.45, 7) is 1.00. The molecule has 2 fully saturated rings. The van der Waals surface area contributed by atoms with Crippen molar-refractivity contribution >= 4 is 27.9 Å². The highest BCUT2D eigenvalue weighted by Crippen LogP contribution is 2.20. The van der Waals surface area contributed by atoms with Crippen molar-refractivity contribution in [2.45, 2.75) is 17.9 Å². The lowest BCUT2D eigenvalue weighted by atomic mass is 10.2. The van der Waals surface area contributed by atoms with Gasteiger partial charge in [-0.1, -0.05) is 30.3 Å². The largest absolute Gasteiger partial charge is 0.335 e. The number of hydrogen-bond donors (Lipinski definition) is 0. The van der Waals surface area contributed by atoms with Gasteiger partial charge in [-0.15, -0.1) is 0 Å². The second-order valence-corrected chi connectivity index (χ2v) is 9.80. The van der Waals surface area contributed by atoms with Gasteiger partial charge >= 0.3 is 17.8 Å². The first-order chi connectivity index (χ1) is 15.8. The molecule has 0 bridgehead atoms. The standard InChI is InChI=1S/C22H23FN4O5S/c23-18-7-9-19(10-8-18)33(31,32)25-12-4-11-24(13-14-25)16-27-21(29)20(28)26(22(27)30)15-17-5-2-1-3-6-17/h1-3,5-10H,4,11-16H2. The van der Waals surface area contributed by atoms with E-state index in [1.165, 1.54) is 16.4 Å². The summed E-state index contributed by atoms with van der Waals surface area (Å²) in [6.07, 6.45) is 0.471. The fraction of sp³-hybridized carbons (Fsp3) is 0.318. The van der Waals surface area contributed by atoms with Crippen molar-refractivity contribution in [1.82, 2.24) is 19.0 Å². The Morgan fingerprint density at radius 1 is 0.788 bits per heavy atom. The van der Waals surface area contributed by atoms with Gasteiger partial charge in [-0.05, 0) is 36.2 Å². The smallest absolute Gasteiger partial charge is 0.284 e. The molecule has 174 valence electrons. The van der Waals surface area contributed by atoms with Gasteiger partial charge in [-0.2, -0.15) is 4.31 Å². The number of benzene rings is 2. The highest BCUT2D eigenvalue weighted by Gasteiger charge is 2.45. The summed E-state index contributed by atoms with van der Waals surface area (Å²) >= 11 is 0. The number of urea groups is 1. The van der Waals surface area contributed by atoms with Gasteiger partial charge in [-0.3, -0.25) is 19.4 Å². The second kappa shape index (κ2) is 9.38. The van der Waals surface area contributed by atoms with Crippen molar-refractivity contribution in [3.63, 3.8) is 0 Å². The molecule has 2 aromatic rings. The number of amides is 4. The molecule has 0 N–H and O–H groups in total. The van der Waals surface area contributed by atoms with E-state index < -0.39 is 33.7 Å². The van der Waals surface area contributed by atoms with Crippen LogP contribution in [-0.2, 0) is 26.2 Å². The molecular formula is C22H23FN4O5S. The van der Waals surface area contributed by atoms with E-state index >= 15 is 0 Å². The van der Waals surface area contributed by atoms with Gasteiger partial charge in [0.25, 0.3) is 0 Å². The van der Waals surface area contributed by atoms with Crippen LogP contribution in [0.4, 0.5) is 9.18 Å². The first-order valence-electron chi connectivity index (χ1n) is 10.5. The van der Waals surface area contributed by atoms with Crippen LogP contribution in [0.25, 0.3) is 0 Å². The molecule has 0 atom stereocenters. The van der Waals surface area contributed by atoms with Crippen molar-refractivity contribution < 1.29 is 27.2 Å². The lowest BCUT2D eigenvalue weighted by Gasteiger charge is -2.25. The molecule has 2 aliphatic rings. The monoisotopic (exact) mass is 474 g/mol. The molecule has 9 nitrogen and oxygen atoms in total. The van der Waals surface area contributed by atoms with Crippen molar-refractivity contribution in [3.8, 4) is 0 Å². The molecule has 0 spiro atoms. The Labute approximate surface area is 191 Å². The van der Waals surface area contributed by atoms with Crippen LogP contribution >= 0.6 is 0 Å². The van der Waals surface area contributed by atoms with E-state index in [4.69, 9.17) is 0 Å². The van der Waals surface area contributed by atoms with Crippen LogP contribution in [-0.4, -0.2) is 78.1 Å². The fourth-order valence-electron chi connectivity index (χ4n) is 3.87. The third-order valence-corrected chi connectivity index (χ3v) is 7.57. The van der Waals surface area contributed by atoms with Gasteiger partial charge in [-0.25, -0.2) is 22.5 Å². The number of halogens is 1. The van der Waals surface area contributed by atoms with Crippen LogP contribution in [0, 0.1) is 5.82 Å². The minimum atomic E-state index is -3.80. The zero-order chi connectivity index (χ0) is 23.6. The molecule has 33 heavy (non-hydrogen) atoms. The first kappa shape index (κ1) is 23.0. The normalized spacial score (nSPS) is 18.8. The average Bonchev–Trinajstić information content (AvgIpc) is 2.99. The minimum Gasteiger partial charge on any atom is -0.284 e. The first-order valence-corrected chi connectivity index (χ1v) is 11.9. The van der Waals surface area contributed by atoms with E-state index in [0.29, 0.717) is 13.0 Å². The summed E-state index contributed by atoms with van der Waals surface area (Å²) in [6, 6.07) is 12.9. The highest BCUT2D eigenvalue weighted by molar-refractivity contribution is 7.89. The van der Waals surface area contributed by atoms with Gasteiger partial charge in [0.1, 0.15) is 5.82 Å². The third-order valence-electron chi connectivity index (χ3n) is 5.66. The van der Waals surface area contributed by atoms with Crippen molar-refractivity contribution in [1.29, 1.82) is 0 Å². The number of hydrogen-bond acceptors (Lipinski definition) is 6. The quantitative estimate of drug-likeness (QED) is 0.465. The Hall–Kier alpha value is -3.15. The maximum atomic E-state index is 13.2. The fourth-order valence-corrected chi connectivity index (χ4v) is 5.33. The van der Waals surface area contributed by atoms with Crippen LogP contribution < -0.4 is 0 Å². The Balaban J connectivity index is 1.40. The summed E-state index contributed by atoms with van der Waals surface area (Å²) < 4.78 is 40.2. The van der Waals surface area contributed by atoms with Gasteiger partial charge in [0.15, 0.2) is 0 Å². The summed E-state index contributed by atoms with van der Waals surface area (Å²) in [5, 5.41) is 0. The molecule has 0 unspecified atom stereocenters. The van der Waals surface area contributed by atoms with Crippen LogP contribution in [0.15, 0.2) is 59.5 Å². The minimum absolute atomic E-state index is 0.00407. The third kappa shape index (κ3) is 4.80. The zero-order valence-corrected chi connectivity index (χ0v) is 18.6. The maximum absolute atomic E-state index is 13.2.